The zero-order chi connectivity index (χ0) is 14.0. The van der Waals surface area contributed by atoms with E-state index in [0.29, 0.717) is 12.5 Å². The minimum Gasteiger partial charge on any atom is -0.341 e. The van der Waals surface area contributed by atoms with Gasteiger partial charge in [-0.25, -0.2) is 8.78 Å². The molecule has 1 heterocycles. The van der Waals surface area contributed by atoms with E-state index in [-0.39, 0.29) is 5.56 Å². The monoisotopic (exact) mass is 268 g/mol. The van der Waals surface area contributed by atoms with Crippen LogP contribution in [0.5, 0.6) is 0 Å². The van der Waals surface area contributed by atoms with E-state index in [1.165, 1.54) is 17.0 Å². The molecule has 0 bridgehead atoms. The minimum absolute atomic E-state index is 0.200. The molecule has 1 aliphatic heterocycles. The Bertz CT molecular complexity index is 479. The van der Waals surface area contributed by atoms with Crippen molar-refractivity contribution in [3.63, 3.8) is 0 Å². The summed E-state index contributed by atoms with van der Waals surface area (Å²) in [5.74, 6) is -2.12. The standard InChI is InChI=1S/C14H18F2N2O/c1-17-7-6-10(8-17)9-18(2)14(19)11-4-3-5-12(15)13(11)16/h3-5,10H,6-9H2,1-2H3/t10-/m1/s1. The van der Waals surface area contributed by atoms with E-state index in [1.54, 1.807) is 7.05 Å². The first-order valence-corrected chi connectivity index (χ1v) is 6.37. The number of amides is 1. The van der Waals surface area contributed by atoms with E-state index in [4.69, 9.17) is 0 Å². The molecule has 3 nitrogen and oxygen atoms in total. The van der Waals surface area contributed by atoms with Crippen LogP contribution in [-0.4, -0.2) is 49.4 Å². The number of likely N-dealkylation sites (tertiary alicyclic amines) is 1. The van der Waals surface area contributed by atoms with Crippen LogP contribution in [0.2, 0.25) is 0 Å². The first kappa shape index (κ1) is 13.9. The molecule has 0 aromatic heterocycles. The Morgan fingerprint density at radius 1 is 1.47 bits per heavy atom. The first-order chi connectivity index (χ1) is 8.99. The summed E-state index contributed by atoms with van der Waals surface area (Å²) in [7, 11) is 3.67. The number of carbonyl (C=O) groups excluding carboxylic acids is 1. The number of halogens is 2. The van der Waals surface area contributed by atoms with Crippen molar-refractivity contribution in [2.75, 3.05) is 33.7 Å². The highest BCUT2D eigenvalue weighted by molar-refractivity contribution is 5.94. The summed E-state index contributed by atoms with van der Waals surface area (Å²) in [4.78, 5) is 15.8. The van der Waals surface area contributed by atoms with E-state index < -0.39 is 17.5 Å². The molecule has 0 N–H and O–H groups in total. The summed E-state index contributed by atoms with van der Waals surface area (Å²) in [6, 6.07) is 3.68. The van der Waals surface area contributed by atoms with Crippen LogP contribution in [0.15, 0.2) is 18.2 Å². The largest absolute Gasteiger partial charge is 0.341 e. The molecule has 19 heavy (non-hydrogen) atoms. The second kappa shape index (κ2) is 5.65. The molecule has 2 rings (SSSR count). The average Bonchev–Trinajstić information content (AvgIpc) is 2.77. The summed E-state index contributed by atoms with van der Waals surface area (Å²) in [5.41, 5.74) is -0.200. The second-order valence-corrected chi connectivity index (χ2v) is 5.20. The third kappa shape index (κ3) is 3.10. The quantitative estimate of drug-likeness (QED) is 0.837. The van der Waals surface area contributed by atoms with Crippen molar-refractivity contribution in [1.82, 2.24) is 9.80 Å². The van der Waals surface area contributed by atoms with Gasteiger partial charge in [-0.2, -0.15) is 0 Å². The van der Waals surface area contributed by atoms with Crippen molar-refractivity contribution in [2.24, 2.45) is 5.92 Å². The molecule has 1 atom stereocenters. The van der Waals surface area contributed by atoms with Crippen LogP contribution in [0.1, 0.15) is 16.8 Å². The molecular formula is C14H18F2N2O. The zero-order valence-electron chi connectivity index (χ0n) is 11.2. The third-order valence-corrected chi connectivity index (χ3v) is 3.55. The Morgan fingerprint density at radius 3 is 2.84 bits per heavy atom. The summed E-state index contributed by atoms with van der Waals surface area (Å²) in [6.07, 6.45) is 1.03. The summed E-state index contributed by atoms with van der Waals surface area (Å²) in [5, 5.41) is 0. The molecule has 0 aliphatic carbocycles. The molecule has 0 spiro atoms. The lowest BCUT2D eigenvalue weighted by molar-refractivity contribution is 0.0768. The van der Waals surface area contributed by atoms with Gasteiger partial charge in [-0.3, -0.25) is 4.79 Å². The van der Waals surface area contributed by atoms with Crippen LogP contribution in [0, 0.1) is 17.6 Å². The van der Waals surface area contributed by atoms with Gasteiger partial charge in [0.05, 0.1) is 5.56 Å². The Kier molecular flexibility index (Phi) is 4.14. The van der Waals surface area contributed by atoms with Crippen molar-refractivity contribution in [2.45, 2.75) is 6.42 Å². The van der Waals surface area contributed by atoms with Crippen LogP contribution in [-0.2, 0) is 0 Å². The Hall–Kier alpha value is -1.49. The van der Waals surface area contributed by atoms with Gasteiger partial charge in [-0.15, -0.1) is 0 Å². The average molecular weight is 268 g/mol. The van der Waals surface area contributed by atoms with Gasteiger partial charge in [0.25, 0.3) is 5.91 Å². The number of carbonyl (C=O) groups is 1. The van der Waals surface area contributed by atoms with E-state index >= 15 is 0 Å². The molecule has 1 amide bonds. The van der Waals surface area contributed by atoms with Gasteiger partial charge >= 0.3 is 0 Å². The first-order valence-electron chi connectivity index (χ1n) is 6.37. The highest BCUT2D eigenvalue weighted by atomic mass is 19.2. The normalized spacial score (nSPS) is 19.7. The lowest BCUT2D eigenvalue weighted by atomic mass is 10.1. The maximum absolute atomic E-state index is 13.6. The SMILES string of the molecule is CN1CC[C@@H](CN(C)C(=O)c2cccc(F)c2F)C1. The smallest absolute Gasteiger partial charge is 0.256 e. The van der Waals surface area contributed by atoms with Crippen molar-refractivity contribution in [3.8, 4) is 0 Å². The van der Waals surface area contributed by atoms with Crippen LogP contribution < -0.4 is 0 Å². The Balaban J connectivity index is 2.04. The van der Waals surface area contributed by atoms with Gasteiger partial charge < -0.3 is 9.80 Å². The minimum atomic E-state index is -1.07. The molecule has 1 aromatic carbocycles. The number of rotatable bonds is 3. The van der Waals surface area contributed by atoms with Crippen molar-refractivity contribution < 1.29 is 13.6 Å². The third-order valence-electron chi connectivity index (χ3n) is 3.55. The van der Waals surface area contributed by atoms with Crippen LogP contribution in [0.25, 0.3) is 0 Å². The van der Waals surface area contributed by atoms with E-state index in [9.17, 15) is 13.6 Å². The van der Waals surface area contributed by atoms with Crippen molar-refractivity contribution in [1.29, 1.82) is 0 Å². The topological polar surface area (TPSA) is 23.6 Å². The summed E-state index contributed by atoms with van der Waals surface area (Å²) >= 11 is 0. The molecule has 1 fully saturated rings. The molecule has 0 unspecified atom stereocenters. The Morgan fingerprint density at radius 2 is 2.21 bits per heavy atom. The van der Waals surface area contributed by atoms with Gasteiger partial charge in [0, 0.05) is 20.1 Å². The summed E-state index contributed by atoms with van der Waals surface area (Å²) in [6.45, 7) is 2.52. The van der Waals surface area contributed by atoms with Gasteiger partial charge in [-0.05, 0) is 38.1 Å². The van der Waals surface area contributed by atoms with Crippen LogP contribution in [0.4, 0.5) is 8.78 Å². The molecule has 1 saturated heterocycles. The summed E-state index contributed by atoms with van der Waals surface area (Å²) < 4.78 is 26.7. The fraction of sp³-hybridized carbons (Fsp3) is 0.500. The molecule has 1 aromatic rings. The fourth-order valence-electron chi connectivity index (χ4n) is 2.52. The lowest BCUT2D eigenvalue weighted by Crippen LogP contribution is -2.33. The number of hydrogen-bond acceptors (Lipinski definition) is 2. The van der Waals surface area contributed by atoms with Gasteiger partial charge in [0.1, 0.15) is 0 Å². The maximum Gasteiger partial charge on any atom is 0.256 e. The lowest BCUT2D eigenvalue weighted by Gasteiger charge is -2.21. The predicted octanol–water partition coefficient (Wildman–Crippen LogP) is 1.99. The molecule has 1 aliphatic rings. The number of benzene rings is 1. The second-order valence-electron chi connectivity index (χ2n) is 5.20. The fourth-order valence-corrected chi connectivity index (χ4v) is 2.52. The van der Waals surface area contributed by atoms with E-state index in [0.717, 1.165) is 25.6 Å². The molecule has 5 heteroatoms. The molecule has 0 radical (unpaired) electrons. The van der Waals surface area contributed by atoms with Crippen LogP contribution >= 0.6 is 0 Å². The number of hydrogen-bond donors (Lipinski definition) is 0. The molecule has 0 saturated carbocycles. The number of nitrogens with zero attached hydrogens (tertiary/aromatic N) is 2. The zero-order valence-corrected chi connectivity index (χ0v) is 11.2. The highest BCUT2D eigenvalue weighted by Crippen LogP contribution is 2.18. The predicted molar refractivity (Wildman–Crippen MR) is 68.9 cm³/mol. The van der Waals surface area contributed by atoms with E-state index in [1.807, 2.05) is 7.05 Å². The maximum atomic E-state index is 13.6. The van der Waals surface area contributed by atoms with E-state index in [2.05, 4.69) is 4.90 Å². The van der Waals surface area contributed by atoms with Crippen LogP contribution in [0.3, 0.4) is 0 Å². The van der Waals surface area contributed by atoms with Gasteiger partial charge in [0.15, 0.2) is 11.6 Å². The van der Waals surface area contributed by atoms with Crippen molar-refractivity contribution >= 4 is 5.91 Å². The molecule has 104 valence electrons. The van der Waals surface area contributed by atoms with Crippen molar-refractivity contribution in [3.05, 3.63) is 35.4 Å². The van der Waals surface area contributed by atoms with Gasteiger partial charge in [-0.1, -0.05) is 6.07 Å². The highest BCUT2D eigenvalue weighted by Gasteiger charge is 2.24. The van der Waals surface area contributed by atoms with Gasteiger partial charge in [0.2, 0.25) is 0 Å². The molecular weight excluding hydrogens is 250 g/mol. The Labute approximate surface area is 111 Å².